The summed E-state index contributed by atoms with van der Waals surface area (Å²) in [4.78, 5) is 10.9. The molecule has 0 aromatic rings. The van der Waals surface area contributed by atoms with Gasteiger partial charge in [-0.25, -0.2) is 0 Å². The smallest absolute Gasteiger partial charge is 0.305 e. The lowest BCUT2D eigenvalue weighted by Gasteiger charge is -2.26. The first-order chi connectivity index (χ1) is 5.74. The monoisotopic (exact) mass is 189 g/mol. The van der Waals surface area contributed by atoms with Gasteiger partial charge in [-0.1, -0.05) is 0 Å². The van der Waals surface area contributed by atoms with Crippen molar-refractivity contribution in [3.8, 4) is 0 Å². The number of ether oxygens (including phenoxy) is 1. The van der Waals surface area contributed by atoms with E-state index in [0.717, 1.165) is 17.9 Å². The molecule has 1 saturated heterocycles. The summed E-state index contributed by atoms with van der Waals surface area (Å²) in [5.41, 5.74) is 5.85. The summed E-state index contributed by atoms with van der Waals surface area (Å²) >= 11 is 1.86. The van der Waals surface area contributed by atoms with Gasteiger partial charge in [0.1, 0.15) is 0 Å². The fraction of sp³-hybridized carbons (Fsp3) is 0.875. The van der Waals surface area contributed by atoms with E-state index < -0.39 is 0 Å². The predicted octanol–water partition coefficient (Wildman–Crippen LogP) is 0.630. The molecule has 1 rings (SSSR count). The molecule has 0 aromatic heterocycles. The van der Waals surface area contributed by atoms with Crippen molar-refractivity contribution in [3.05, 3.63) is 0 Å². The quantitative estimate of drug-likeness (QED) is 0.647. The van der Waals surface area contributed by atoms with Crippen molar-refractivity contribution in [1.29, 1.82) is 0 Å². The lowest BCUT2D eigenvalue weighted by molar-refractivity contribution is -0.141. The number of methoxy groups -OCH3 is 1. The Bertz CT molecular complexity index is 163. The molecule has 1 aliphatic rings. The topological polar surface area (TPSA) is 52.3 Å². The van der Waals surface area contributed by atoms with Crippen LogP contribution >= 0.6 is 11.8 Å². The molecular weight excluding hydrogens is 174 g/mol. The van der Waals surface area contributed by atoms with E-state index in [1.165, 1.54) is 7.11 Å². The lowest BCUT2D eigenvalue weighted by atomic mass is 9.95. The van der Waals surface area contributed by atoms with Crippen LogP contribution in [0.4, 0.5) is 0 Å². The fourth-order valence-electron chi connectivity index (χ4n) is 1.36. The van der Waals surface area contributed by atoms with Gasteiger partial charge in [0.2, 0.25) is 0 Å². The summed E-state index contributed by atoms with van der Waals surface area (Å²) in [6.45, 7) is 0. The molecule has 1 aliphatic heterocycles. The van der Waals surface area contributed by atoms with E-state index in [4.69, 9.17) is 5.73 Å². The minimum absolute atomic E-state index is 0.137. The van der Waals surface area contributed by atoms with Crippen molar-refractivity contribution in [2.75, 3.05) is 18.6 Å². The van der Waals surface area contributed by atoms with Crippen LogP contribution in [0.3, 0.4) is 0 Å². The largest absolute Gasteiger partial charge is 0.469 e. The van der Waals surface area contributed by atoms with Gasteiger partial charge in [0.15, 0.2) is 0 Å². The second kappa shape index (κ2) is 4.72. The van der Waals surface area contributed by atoms with Crippen LogP contribution in [0.5, 0.6) is 0 Å². The number of nitrogens with two attached hydrogens (primary N) is 1. The van der Waals surface area contributed by atoms with Crippen LogP contribution in [-0.2, 0) is 9.53 Å². The highest BCUT2D eigenvalue weighted by Crippen LogP contribution is 2.24. The molecule has 0 saturated carbocycles. The van der Waals surface area contributed by atoms with Crippen LogP contribution < -0.4 is 5.73 Å². The van der Waals surface area contributed by atoms with E-state index >= 15 is 0 Å². The van der Waals surface area contributed by atoms with Crippen molar-refractivity contribution in [1.82, 2.24) is 0 Å². The summed E-state index contributed by atoms with van der Waals surface area (Å²) in [5, 5.41) is 0. The Balaban J connectivity index is 2.33. The first kappa shape index (κ1) is 9.86. The standard InChI is InChI=1S/C8H15NO2S/c1-11-8(10)4-6-2-3-12-5-7(6)9/h6-7H,2-5,9H2,1H3/t6-,7+/m1/s1. The van der Waals surface area contributed by atoms with Gasteiger partial charge < -0.3 is 10.5 Å². The fourth-order valence-corrected chi connectivity index (χ4v) is 2.54. The van der Waals surface area contributed by atoms with Crippen LogP contribution in [0.25, 0.3) is 0 Å². The van der Waals surface area contributed by atoms with Crippen molar-refractivity contribution in [2.45, 2.75) is 18.9 Å². The molecular formula is C8H15NO2S. The SMILES string of the molecule is COC(=O)C[C@H]1CCSC[C@@H]1N. The zero-order valence-corrected chi connectivity index (χ0v) is 8.10. The Morgan fingerprint density at radius 2 is 2.50 bits per heavy atom. The Morgan fingerprint density at radius 1 is 1.75 bits per heavy atom. The number of rotatable bonds is 2. The molecule has 0 aromatic carbocycles. The number of carbonyl (C=O) groups excluding carboxylic acids is 1. The normalized spacial score (nSPS) is 29.8. The van der Waals surface area contributed by atoms with Crippen molar-refractivity contribution >= 4 is 17.7 Å². The molecule has 1 fully saturated rings. The maximum atomic E-state index is 10.9. The predicted molar refractivity (Wildman–Crippen MR) is 50.0 cm³/mol. The van der Waals surface area contributed by atoms with Gasteiger partial charge in [-0.2, -0.15) is 11.8 Å². The Hall–Kier alpha value is -0.220. The van der Waals surface area contributed by atoms with Crippen LogP contribution in [0.1, 0.15) is 12.8 Å². The Labute approximate surface area is 77.0 Å². The Kier molecular flexibility index (Phi) is 3.88. The molecule has 2 N–H and O–H groups in total. The van der Waals surface area contributed by atoms with E-state index in [1.54, 1.807) is 0 Å². The van der Waals surface area contributed by atoms with E-state index in [0.29, 0.717) is 12.3 Å². The maximum Gasteiger partial charge on any atom is 0.305 e. The molecule has 0 radical (unpaired) electrons. The van der Waals surface area contributed by atoms with E-state index in [1.807, 2.05) is 11.8 Å². The highest BCUT2D eigenvalue weighted by Gasteiger charge is 2.24. The molecule has 0 aliphatic carbocycles. The average molecular weight is 189 g/mol. The minimum Gasteiger partial charge on any atom is -0.469 e. The lowest BCUT2D eigenvalue weighted by Crippen LogP contribution is -2.37. The zero-order chi connectivity index (χ0) is 8.97. The van der Waals surface area contributed by atoms with E-state index in [9.17, 15) is 4.79 Å². The molecule has 70 valence electrons. The highest BCUT2D eigenvalue weighted by molar-refractivity contribution is 7.99. The molecule has 4 heteroatoms. The molecule has 12 heavy (non-hydrogen) atoms. The van der Waals surface area contributed by atoms with E-state index in [-0.39, 0.29) is 12.0 Å². The van der Waals surface area contributed by atoms with Crippen LogP contribution in [0.15, 0.2) is 0 Å². The van der Waals surface area contributed by atoms with Crippen LogP contribution in [0, 0.1) is 5.92 Å². The van der Waals surface area contributed by atoms with Crippen LogP contribution in [0.2, 0.25) is 0 Å². The second-order valence-electron chi connectivity index (χ2n) is 3.07. The Morgan fingerprint density at radius 3 is 3.08 bits per heavy atom. The summed E-state index contributed by atoms with van der Waals surface area (Å²) in [6.07, 6.45) is 1.53. The number of hydrogen-bond acceptors (Lipinski definition) is 4. The minimum atomic E-state index is -0.137. The van der Waals surface area contributed by atoms with E-state index in [2.05, 4.69) is 4.74 Å². The molecule has 0 amide bonds. The molecule has 0 unspecified atom stereocenters. The third-order valence-corrected chi connectivity index (χ3v) is 3.35. The highest BCUT2D eigenvalue weighted by atomic mass is 32.2. The van der Waals surface area contributed by atoms with Gasteiger partial charge in [0, 0.05) is 18.2 Å². The van der Waals surface area contributed by atoms with Crippen molar-refractivity contribution in [3.63, 3.8) is 0 Å². The maximum absolute atomic E-state index is 10.9. The zero-order valence-electron chi connectivity index (χ0n) is 7.29. The average Bonchev–Trinajstić information content (AvgIpc) is 2.09. The second-order valence-corrected chi connectivity index (χ2v) is 4.22. The van der Waals surface area contributed by atoms with Gasteiger partial charge in [0.25, 0.3) is 0 Å². The van der Waals surface area contributed by atoms with Crippen LogP contribution in [-0.4, -0.2) is 30.6 Å². The van der Waals surface area contributed by atoms with Gasteiger partial charge in [-0.05, 0) is 18.1 Å². The summed E-state index contributed by atoms with van der Waals surface area (Å²) in [5.74, 6) is 2.29. The summed E-state index contributed by atoms with van der Waals surface area (Å²) in [7, 11) is 1.42. The number of thioether (sulfide) groups is 1. The first-order valence-corrected chi connectivity index (χ1v) is 5.29. The number of hydrogen-bond donors (Lipinski definition) is 1. The van der Waals surface area contributed by atoms with Gasteiger partial charge in [-0.15, -0.1) is 0 Å². The third-order valence-electron chi connectivity index (χ3n) is 2.21. The van der Waals surface area contributed by atoms with Gasteiger partial charge >= 0.3 is 5.97 Å². The summed E-state index contributed by atoms with van der Waals surface area (Å²) < 4.78 is 4.60. The van der Waals surface area contributed by atoms with Gasteiger partial charge in [-0.3, -0.25) is 4.79 Å². The summed E-state index contributed by atoms with van der Waals surface area (Å²) in [6, 6.07) is 0.169. The van der Waals surface area contributed by atoms with Crippen molar-refractivity contribution < 1.29 is 9.53 Å². The molecule has 0 bridgehead atoms. The van der Waals surface area contributed by atoms with Gasteiger partial charge in [0.05, 0.1) is 7.11 Å². The van der Waals surface area contributed by atoms with Crippen molar-refractivity contribution in [2.24, 2.45) is 11.7 Å². The number of esters is 1. The molecule has 2 atom stereocenters. The first-order valence-electron chi connectivity index (χ1n) is 4.14. The molecule has 1 heterocycles. The third kappa shape index (κ3) is 2.68. The number of carbonyl (C=O) groups is 1. The molecule has 3 nitrogen and oxygen atoms in total. The molecule has 0 spiro atoms.